The van der Waals surface area contributed by atoms with E-state index in [4.69, 9.17) is 16.7 Å². The molecule has 1 heterocycles. The van der Waals surface area contributed by atoms with Crippen molar-refractivity contribution in [3.63, 3.8) is 0 Å². The predicted octanol–water partition coefficient (Wildman–Crippen LogP) is 2.59. The van der Waals surface area contributed by atoms with Crippen molar-refractivity contribution in [2.45, 2.75) is 13.5 Å². The number of carboxylic acid groups (broad SMARTS) is 1. The average Bonchev–Trinajstić information content (AvgIpc) is 2.64. The summed E-state index contributed by atoms with van der Waals surface area (Å²) in [5, 5.41) is 9.51. The van der Waals surface area contributed by atoms with Crippen molar-refractivity contribution in [1.82, 2.24) is 9.55 Å². The van der Waals surface area contributed by atoms with E-state index in [1.54, 1.807) is 17.6 Å². The predicted molar refractivity (Wildman–Crippen MR) is 64.5 cm³/mol. The van der Waals surface area contributed by atoms with E-state index in [2.05, 4.69) is 4.98 Å². The van der Waals surface area contributed by atoms with Crippen LogP contribution in [0.3, 0.4) is 0 Å². The normalized spacial score (nSPS) is 10.5. The van der Waals surface area contributed by atoms with Crippen LogP contribution in [0.1, 0.15) is 21.9 Å². The maximum atomic E-state index is 10.8. The highest BCUT2D eigenvalue weighted by Crippen LogP contribution is 2.17. The Kier molecular flexibility index (Phi) is 3.15. The maximum absolute atomic E-state index is 10.8. The fourth-order valence-corrected chi connectivity index (χ4v) is 1.78. The number of carboxylic acids is 1. The van der Waals surface area contributed by atoms with Crippen LogP contribution >= 0.6 is 11.6 Å². The third kappa shape index (κ3) is 2.47. The summed E-state index contributed by atoms with van der Waals surface area (Å²) in [4.78, 5) is 14.7. The van der Waals surface area contributed by atoms with Crippen molar-refractivity contribution in [3.8, 4) is 0 Å². The molecule has 0 aliphatic heterocycles. The van der Waals surface area contributed by atoms with Gasteiger partial charge >= 0.3 is 5.97 Å². The van der Waals surface area contributed by atoms with Gasteiger partial charge in [-0.3, -0.25) is 0 Å². The zero-order valence-electron chi connectivity index (χ0n) is 9.22. The molecule has 88 valence electrons. The lowest BCUT2D eigenvalue weighted by Crippen LogP contribution is -2.01. The van der Waals surface area contributed by atoms with Gasteiger partial charge in [-0.1, -0.05) is 29.8 Å². The van der Waals surface area contributed by atoms with Gasteiger partial charge in [0.05, 0.1) is 6.54 Å². The molecule has 0 spiro atoms. The monoisotopic (exact) mass is 250 g/mol. The lowest BCUT2D eigenvalue weighted by Gasteiger charge is -2.06. The van der Waals surface area contributed by atoms with Crippen LogP contribution in [-0.2, 0) is 6.54 Å². The minimum absolute atomic E-state index is 0.0505. The number of carbonyl (C=O) groups is 1. The number of aromatic nitrogens is 2. The number of hydrogen-bond acceptors (Lipinski definition) is 2. The molecule has 0 fully saturated rings. The first-order valence-electron chi connectivity index (χ1n) is 5.08. The van der Waals surface area contributed by atoms with Crippen molar-refractivity contribution < 1.29 is 9.90 Å². The van der Waals surface area contributed by atoms with Gasteiger partial charge in [-0.25, -0.2) is 9.78 Å². The van der Waals surface area contributed by atoms with Crippen molar-refractivity contribution in [3.05, 3.63) is 52.6 Å². The van der Waals surface area contributed by atoms with E-state index in [0.29, 0.717) is 17.4 Å². The Bertz CT molecular complexity index is 563. The van der Waals surface area contributed by atoms with Crippen LogP contribution in [0, 0.1) is 6.92 Å². The summed E-state index contributed by atoms with van der Waals surface area (Å²) in [6.07, 6.45) is 1.51. The molecule has 0 saturated heterocycles. The largest absolute Gasteiger partial charge is 0.476 e. The molecule has 4 nitrogen and oxygen atoms in total. The molecular weight excluding hydrogens is 240 g/mol. The fraction of sp³-hybridized carbons (Fsp3) is 0.167. The first kappa shape index (κ1) is 11.7. The van der Waals surface area contributed by atoms with E-state index in [9.17, 15) is 4.79 Å². The van der Waals surface area contributed by atoms with Crippen LogP contribution in [0.5, 0.6) is 0 Å². The van der Waals surface area contributed by atoms with Crippen molar-refractivity contribution >= 4 is 17.6 Å². The summed E-state index contributed by atoms with van der Waals surface area (Å²) >= 11 is 6.05. The van der Waals surface area contributed by atoms with Gasteiger partial charge < -0.3 is 9.67 Å². The molecule has 1 N–H and O–H groups in total. The van der Waals surface area contributed by atoms with Crippen LogP contribution in [0.4, 0.5) is 0 Å². The number of benzene rings is 1. The smallest absolute Gasteiger partial charge is 0.356 e. The van der Waals surface area contributed by atoms with Gasteiger partial charge in [0, 0.05) is 11.2 Å². The molecule has 0 radical (unpaired) electrons. The number of rotatable bonds is 3. The standard InChI is InChI=1S/C12H11ClN2O2/c1-8-14-11(12(16)17)7-15(8)6-9-4-2-3-5-10(9)13/h2-5,7H,6H2,1H3,(H,16,17). The zero-order chi connectivity index (χ0) is 12.4. The van der Waals surface area contributed by atoms with Crippen LogP contribution in [0.15, 0.2) is 30.5 Å². The van der Waals surface area contributed by atoms with E-state index < -0.39 is 5.97 Å². The Morgan fingerprint density at radius 3 is 2.76 bits per heavy atom. The molecule has 2 aromatic rings. The summed E-state index contributed by atoms with van der Waals surface area (Å²) in [6.45, 7) is 2.29. The lowest BCUT2D eigenvalue weighted by molar-refractivity contribution is 0.0691. The molecule has 0 unspecified atom stereocenters. The van der Waals surface area contributed by atoms with Gasteiger partial charge in [-0.2, -0.15) is 0 Å². The molecule has 17 heavy (non-hydrogen) atoms. The second-order valence-corrected chi connectivity index (χ2v) is 4.11. The highest BCUT2D eigenvalue weighted by atomic mass is 35.5. The van der Waals surface area contributed by atoms with E-state index in [0.717, 1.165) is 5.56 Å². The third-order valence-electron chi connectivity index (χ3n) is 2.49. The SMILES string of the molecule is Cc1nc(C(=O)O)cn1Cc1ccccc1Cl. The first-order chi connectivity index (χ1) is 8.08. The molecule has 0 bridgehead atoms. The van der Waals surface area contributed by atoms with Crippen molar-refractivity contribution in [2.24, 2.45) is 0 Å². The highest BCUT2D eigenvalue weighted by Gasteiger charge is 2.11. The van der Waals surface area contributed by atoms with Gasteiger partial charge in [-0.15, -0.1) is 0 Å². The molecule has 1 aromatic carbocycles. The highest BCUT2D eigenvalue weighted by molar-refractivity contribution is 6.31. The number of imidazole rings is 1. The number of aromatic carboxylic acids is 1. The van der Waals surface area contributed by atoms with Gasteiger partial charge in [0.25, 0.3) is 0 Å². The number of nitrogens with zero attached hydrogens (tertiary/aromatic N) is 2. The molecule has 0 saturated carbocycles. The molecule has 5 heteroatoms. The van der Waals surface area contributed by atoms with Crippen LogP contribution < -0.4 is 0 Å². The first-order valence-corrected chi connectivity index (χ1v) is 5.46. The molecule has 0 amide bonds. The van der Waals surface area contributed by atoms with E-state index >= 15 is 0 Å². The summed E-state index contributed by atoms with van der Waals surface area (Å²) in [5.74, 6) is -0.367. The van der Waals surface area contributed by atoms with Gasteiger partial charge in [0.1, 0.15) is 5.82 Å². The van der Waals surface area contributed by atoms with Crippen molar-refractivity contribution in [1.29, 1.82) is 0 Å². The second kappa shape index (κ2) is 4.59. The Balaban J connectivity index is 2.30. The van der Waals surface area contributed by atoms with Gasteiger partial charge in [0.2, 0.25) is 0 Å². The van der Waals surface area contributed by atoms with Crippen LogP contribution in [0.2, 0.25) is 5.02 Å². The number of halogens is 1. The summed E-state index contributed by atoms with van der Waals surface area (Å²) < 4.78 is 1.77. The minimum Gasteiger partial charge on any atom is -0.476 e. The van der Waals surface area contributed by atoms with E-state index in [1.807, 2.05) is 18.2 Å². The topological polar surface area (TPSA) is 55.1 Å². The Morgan fingerprint density at radius 1 is 1.47 bits per heavy atom. The molecule has 2 rings (SSSR count). The summed E-state index contributed by atoms with van der Waals surface area (Å²) in [6, 6.07) is 7.46. The molecular formula is C12H11ClN2O2. The Hall–Kier alpha value is -1.81. The summed E-state index contributed by atoms with van der Waals surface area (Å²) in [5.41, 5.74) is 0.987. The zero-order valence-corrected chi connectivity index (χ0v) is 9.98. The quantitative estimate of drug-likeness (QED) is 0.911. The fourth-order valence-electron chi connectivity index (χ4n) is 1.58. The molecule has 0 aliphatic carbocycles. The summed E-state index contributed by atoms with van der Waals surface area (Å²) in [7, 11) is 0. The number of aryl methyl sites for hydroxylation is 1. The lowest BCUT2D eigenvalue weighted by atomic mass is 10.2. The van der Waals surface area contributed by atoms with Crippen molar-refractivity contribution in [2.75, 3.05) is 0 Å². The number of hydrogen-bond donors (Lipinski definition) is 1. The van der Waals surface area contributed by atoms with Crippen LogP contribution in [0.25, 0.3) is 0 Å². The second-order valence-electron chi connectivity index (χ2n) is 3.70. The Morgan fingerprint density at radius 2 is 2.18 bits per heavy atom. The maximum Gasteiger partial charge on any atom is 0.356 e. The molecule has 1 aromatic heterocycles. The minimum atomic E-state index is -1.02. The van der Waals surface area contributed by atoms with Gasteiger partial charge in [-0.05, 0) is 18.6 Å². The molecule has 0 atom stereocenters. The third-order valence-corrected chi connectivity index (χ3v) is 2.86. The van der Waals surface area contributed by atoms with E-state index in [-0.39, 0.29) is 5.69 Å². The van der Waals surface area contributed by atoms with Gasteiger partial charge in [0.15, 0.2) is 5.69 Å². The average molecular weight is 251 g/mol. The molecule has 0 aliphatic rings. The van der Waals surface area contributed by atoms with E-state index in [1.165, 1.54) is 6.20 Å². The Labute approximate surface area is 103 Å². The van der Waals surface area contributed by atoms with Crippen LogP contribution in [-0.4, -0.2) is 20.6 Å².